The van der Waals surface area contributed by atoms with Gasteiger partial charge in [-0.2, -0.15) is 0 Å². The summed E-state index contributed by atoms with van der Waals surface area (Å²) >= 11 is 2.70. The maximum Gasteiger partial charge on any atom is 0.265 e. The van der Waals surface area contributed by atoms with Crippen molar-refractivity contribution in [3.05, 3.63) is 22.4 Å². The van der Waals surface area contributed by atoms with Crippen LogP contribution < -0.4 is 5.32 Å². The van der Waals surface area contributed by atoms with Crippen molar-refractivity contribution >= 4 is 28.8 Å². The Bertz CT molecular complexity index is 493. The average molecular weight is 267 g/mol. The molecule has 0 radical (unpaired) electrons. The van der Waals surface area contributed by atoms with Crippen molar-refractivity contribution in [1.29, 1.82) is 0 Å². The van der Waals surface area contributed by atoms with Gasteiger partial charge in [0.2, 0.25) is 0 Å². The van der Waals surface area contributed by atoms with Crippen LogP contribution in [0.5, 0.6) is 0 Å². The van der Waals surface area contributed by atoms with Crippen LogP contribution in [0.15, 0.2) is 17.5 Å². The third kappa shape index (κ3) is 2.70. The molecule has 2 aromatic heterocycles. The van der Waals surface area contributed by atoms with Crippen LogP contribution in [0.25, 0.3) is 10.6 Å². The summed E-state index contributed by atoms with van der Waals surface area (Å²) in [7, 11) is 0. The molecule has 2 heterocycles. The van der Waals surface area contributed by atoms with E-state index in [1.54, 1.807) is 11.3 Å². The average Bonchev–Trinajstić information content (AvgIpc) is 2.98. The molecular weight excluding hydrogens is 254 g/mol. The van der Waals surface area contributed by atoms with Crippen molar-refractivity contribution in [2.75, 3.05) is 0 Å². The third-order valence-corrected chi connectivity index (χ3v) is 4.04. The zero-order chi connectivity index (χ0) is 12.3. The molecule has 90 valence electrons. The van der Waals surface area contributed by atoms with E-state index in [1.165, 1.54) is 0 Å². The molecule has 2 rings (SSSR count). The molecule has 0 bridgehead atoms. The Hall–Kier alpha value is -1.27. The van der Waals surface area contributed by atoms with E-state index in [4.69, 9.17) is 0 Å². The largest absolute Gasteiger partial charge is 0.349 e. The van der Waals surface area contributed by atoms with Crippen molar-refractivity contribution in [3.63, 3.8) is 0 Å². The van der Waals surface area contributed by atoms with Gasteiger partial charge < -0.3 is 5.32 Å². The van der Waals surface area contributed by atoms with E-state index in [0.29, 0.717) is 10.6 Å². The van der Waals surface area contributed by atoms with Crippen LogP contribution in [-0.4, -0.2) is 21.5 Å². The predicted octanol–water partition coefficient (Wildman–Crippen LogP) is 2.79. The highest BCUT2D eigenvalue weighted by Gasteiger charge is 2.19. The number of amides is 1. The van der Waals surface area contributed by atoms with Gasteiger partial charge in [-0.3, -0.25) is 4.79 Å². The molecule has 1 N–H and O–H groups in total. The molecule has 17 heavy (non-hydrogen) atoms. The van der Waals surface area contributed by atoms with Gasteiger partial charge in [0.25, 0.3) is 5.91 Å². The molecule has 0 aliphatic heterocycles. The summed E-state index contributed by atoms with van der Waals surface area (Å²) in [5.41, 5.74) is 0.686. The lowest BCUT2D eigenvalue weighted by Crippen LogP contribution is -2.31. The van der Waals surface area contributed by atoms with Crippen molar-refractivity contribution in [1.82, 2.24) is 14.9 Å². The summed E-state index contributed by atoms with van der Waals surface area (Å²) in [6.07, 6.45) is 0.909. The Labute approximate surface area is 108 Å². The number of nitrogens with one attached hydrogen (secondary N) is 1. The van der Waals surface area contributed by atoms with Crippen LogP contribution in [0.4, 0.5) is 0 Å². The second-order valence-corrected chi connectivity index (χ2v) is 5.41. The summed E-state index contributed by atoms with van der Waals surface area (Å²) in [6.45, 7) is 4.02. The molecule has 0 unspecified atom stereocenters. The molecule has 0 fully saturated rings. The van der Waals surface area contributed by atoms with Gasteiger partial charge in [-0.15, -0.1) is 16.4 Å². The van der Waals surface area contributed by atoms with E-state index >= 15 is 0 Å². The van der Waals surface area contributed by atoms with E-state index < -0.39 is 0 Å². The molecule has 0 spiro atoms. The Kier molecular flexibility index (Phi) is 3.86. The Morgan fingerprint density at radius 3 is 3.06 bits per heavy atom. The van der Waals surface area contributed by atoms with Crippen LogP contribution in [0.2, 0.25) is 0 Å². The molecule has 1 atom stereocenters. The highest BCUT2D eigenvalue weighted by Crippen LogP contribution is 2.27. The number of aromatic nitrogens is 2. The fourth-order valence-corrected chi connectivity index (χ4v) is 2.67. The molecule has 0 aliphatic carbocycles. The first-order valence-electron chi connectivity index (χ1n) is 5.39. The second kappa shape index (κ2) is 5.37. The number of carbonyl (C=O) groups excluding carboxylic acids is 1. The minimum Gasteiger partial charge on any atom is -0.349 e. The number of thiophene rings is 1. The normalized spacial score (nSPS) is 12.4. The minimum atomic E-state index is -0.0854. The quantitative estimate of drug-likeness (QED) is 0.926. The van der Waals surface area contributed by atoms with Crippen LogP contribution in [0.1, 0.15) is 29.9 Å². The van der Waals surface area contributed by atoms with Gasteiger partial charge in [0.05, 0.1) is 4.88 Å². The van der Waals surface area contributed by atoms with Crippen molar-refractivity contribution < 1.29 is 4.79 Å². The third-order valence-electron chi connectivity index (χ3n) is 2.44. The zero-order valence-electron chi connectivity index (χ0n) is 9.64. The van der Waals surface area contributed by atoms with Gasteiger partial charge in [0.15, 0.2) is 0 Å². The highest BCUT2D eigenvalue weighted by molar-refractivity contribution is 7.14. The molecule has 6 heteroatoms. The molecule has 0 aromatic carbocycles. The molecule has 1 amide bonds. The highest BCUT2D eigenvalue weighted by atomic mass is 32.1. The van der Waals surface area contributed by atoms with Gasteiger partial charge in [0.1, 0.15) is 10.6 Å². The predicted molar refractivity (Wildman–Crippen MR) is 70.4 cm³/mol. The van der Waals surface area contributed by atoms with Gasteiger partial charge in [-0.1, -0.05) is 17.5 Å². The van der Waals surface area contributed by atoms with Crippen LogP contribution in [0.3, 0.4) is 0 Å². The summed E-state index contributed by atoms with van der Waals surface area (Å²) in [6, 6.07) is 4.05. The van der Waals surface area contributed by atoms with Crippen molar-refractivity contribution in [2.24, 2.45) is 0 Å². The van der Waals surface area contributed by atoms with Crippen LogP contribution in [0, 0.1) is 0 Å². The smallest absolute Gasteiger partial charge is 0.265 e. The maximum atomic E-state index is 12.0. The fourth-order valence-electron chi connectivity index (χ4n) is 1.31. The topological polar surface area (TPSA) is 54.9 Å². The fraction of sp³-hybridized carbons (Fsp3) is 0.364. The van der Waals surface area contributed by atoms with Crippen LogP contribution in [-0.2, 0) is 0 Å². The molecular formula is C11H13N3OS2. The second-order valence-electron chi connectivity index (χ2n) is 3.71. The van der Waals surface area contributed by atoms with Gasteiger partial charge in [-0.05, 0) is 36.3 Å². The molecule has 4 nitrogen and oxygen atoms in total. The summed E-state index contributed by atoms with van der Waals surface area (Å²) in [4.78, 5) is 13.6. The van der Waals surface area contributed by atoms with Gasteiger partial charge in [0, 0.05) is 6.04 Å². The Morgan fingerprint density at radius 1 is 1.59 bits per heavy atom. The molecule has 2 aromatic rings. The molecule has 0 saturated heterocycles. The number of rotatable bonds is 4. The monoisotopic (exact) mass is 267 g/mol. The van der Waals surface area contributed by atoms with E-state index in [2.05, 4.69) is 14.9 Å². The van der Waals surface area contributed by atoms with Gasteiger partial charge in [-0.25, -0.2) is 0 Å². The summed E-state index contributed by atoms with van der Waals surface area (Å²) in [5, 5.41) is 8.92. The Morgan fingerprint density at radius 2 is 2.41 bits per heavy atom. The van der Waals surface area contributed by atoms with E-state index in [9.17, 15) is 4.79 Å². The first-order valence-corrected chi connectivity index (χ1v) is 7.04. The minimum absolute atomic E-state index is 0.0854. The van der Waals surface area contributed by atoms with E-state index in [0.717, 1.165) is 22.8 Å². The van der Waals surface area contributed by atoms with E-state index in [1.807, 2.05) is 31.4 Å². The number of hydrogen-bond acceptors (Lipinski definition) is 5. The lowest BCUT2D eigenvalue weighted by molar-refractivity contribution is 0.0944. The molecule has 0 saturated carbocycles. The van der Waals surface area contributed by atoms with Crippen molar-refractivity contribution in [3.8, 4) is 10.6 Å². The number of nitrogens with zero attached hydrogens (tertiary/aromatic N) is 2. The lowest BCUT2D eigenvalue weighted by atomic mass is 10.2. The van der Waals surface area contributed by atoms with E-state index in [-0.39, 0.29) is 11.9 Å². The Balaban J connectivity index is 2.22. The summed E-state index contributed by atoms with van der Waals surface area (Å²) in [5.74, 6) is -0.0854. The number of carbonyl (C=O) groups is 1. The SMILES string of the molecule is CC[C@@H](C)NC(=O)c1snnc1-c1cccs1. The van der Waals surface area contributed by atoms with Gasteiger partial charge >= 0.3 is 0 Å². The maximum absolute atomic E-state index is 12.0. The lowest BCUT2D eigenvalue weighted by Gasteiger charge is -2.09. The van der Waals surface area contributed by atoms with Crippen LogP contribution >= 0.6 is 22.9 Å². The number of hydrogen-bond donors (Lipinski definition) is 1. The zero-order valence-corrected chi connectivity index (χ0v) is 11.3. The summed E-state index contributed by atoms with van der Waals surface area (Å²) < 4.78 is 3.87. The first-order chi connectivity index (χ1) is 8.22. The van der Waals surface area contributed by atoms with Crippen molar-refractivity contribution in [2.45, 2.75) is 26.3 Å². The molecule has 0 aliphatic rings. The first kappa shape index (κ1) is 12.2. The standard InChI is InChI=1S/C11H13N3OS2/c1-3-7(2)12-11(15)10-9(13-14-17-10)8-5-4-6-16-8/h4-7H,3H2,1-2H3,(H,12,15)/t7-/m1/s1.